The number of nitrogens with zero attached hydrogens (tertiary/aromatic N) is 2. The minimum Gasteiger partial charge on any atom is -0.381 e. The Hall–Kier alpha value is -0.810. The molecule has 136 valence electrons. The van der Waals surface area contributed by atoms with Crippen LogP contribution in [0.1, 0.15) is 52.9 Å². The van der Waals surface area contributed by atoms with Crippen molar-refractivity contribution in [3.8, 4) is 0 Å². The normalized spacial score (nSPS) is 17.4. The standard InChI is InChI=1S/C18H38N4O/c1-4-6-13-23-14-9-10-20-18(19-5-2)21-15-17(3)16-22-11-7-8-12-22/h17H,4-16H2,1-3H3,(H2,19,20,21). The minimum absolute atomic E-state index is 0.612. The quantitative estimate of drug-likeness (QED) is 0.329. The van der Waals surface area contributed by atoms with Crippen molar-refractivity contribution in [2.75, 3.05) is 52.5 Å². The topological polar surface area (TPSA) is 48.9 Å². The fraction of sp³-hybridized carbons (Fsp3) is 0.944. The van der Waals surface area contributed by atoms with E-state index in [2.05, 4.69) is 36.3 Å². The summed E-state index contributed by atoms with van der Waals surface area (Å²) in [5, 5.41) is 6.73. The van der Waals surface area contributed by atoms with Gasteiger partial charge in [-0.05, 0) is 51.6 Å². The molecule has 23 heavy (non-hydrogen) atoms. The molecule has 0 amide bonds. The Labute approximate surface area is 143 Å². The van der Waals surface area contributed by atoms with Crippen LogP contribution in [0.15, 0.2) is 4.99 Å². The zero-order valence-corrected chi connectivity index (χ0v) is 15.6. The molecule has 1 aliphatic rings. The van der Waals surface area contributed by atoms with E-state index in [-0.39, 0.29) is 0 Å². The highest BCUT2D eigenvalue weighted by Gasteiger charge is 2.14. The van der Waals surface area contributed by atoms with Crippen molar-refractivity contribution in [3.63, 3.8) is 0 Å². The van der Waals surface area contributed by atoms with Crippen LogP contribution in [0.5, 0.6) is 0 Å². The van der Waals surface area contributed by atoms with Crippen molar-refractivity contribution in [2.45, 2.75) is 52.9 Å². The third kappa shape index (κ3) is 10.6. The van der Waals surface area contributed by atoms with E-state index < -0.39 is 0 Å². The summed E-state index contributed by atoms with van der Waals surface area (Å²) >= 11 is 0. The number of hydrogen-bond donors (Lipinski definition) is 2. The molecule has 5 nitrogen and oxygen atoms in total. The predicted octanol–water partition coefficient (Wildman–Crippen LogP) is 2.48. The van der Waals surface area contributed by atoms with E-state index in [9.17, 15) is 0 Å². The summed E-state index contributed by atoms with van der Waals surface area (Å²) in [4.78, 5) is 7.29. The Morgan fingerprint density at radius 1 is 1.13 bits per heavy atom. The lowest BCUT2D eigenvalue weighted by molar-refractivity contribution is 0.129. The van der Waals surface area contributed by atoms with Crippen LogP contribution in [0.25, 0.3) is 0 Å². The highest BCUT2D eigenvalue weighted by molar-refractivity contribution is 5.79. The van der Waals surface area contributed by atoms with Gasteiger partial charge in [0, 0.05) is 39.4 Å². The zero-order valence-electron chi connectivity index (χ0n) is 15.6. The third-order valence-electron chi connectivity index (χ3n) is 4.07. The second-order valence-corrected chi connectivity index (χ2v) is 6.58. The van der Waals surface area contributed by atoms with Gasteiger partial charge in [-0.1, -0.05) is 20.3 Å². The summed E-state index contributed by atoms with van der Waals surface area (Å²) in [6.45, 7) is 14.7. The van der Waals surface area contributed by atoms with Crippen LogP contribution in [0.3, 0.4) is 0 Å². The van der Waals surface area contributed by atoms with Crippen molar-refractivity contribution in [2.24, 2.45) is 10.9 Å². The molecule has 1 aliphatic heterocycles. The van der Waals surface area contributed by atoms with Crippen molar-refractivity contribution in [1.29, 1.82) is 0 Å². The van der Waals surface area contributed by atoms with E-state index >= 15 is 0 Å². The van der Waals surface area contributed by atoms with Gasteiger partial charge in [-0.3, -0.25) is 4.99 Å². The van der Waals surface area contributed by atoms with Crippen LogP contribution in [0.2, 0.25) is 0 Å². The molecule has 0 aromatic carbocycles. The molecule has 1 rings (SSSR count). The monoisotopic (exact) mass is 326 g/mol. The maximum absolute atomic E-state index is 5.58. The lowest BCUT2D eigenvalue weighted by atomic mass is 10.2. The molecule has 1 saturated heterocycles. The van der Waals surface area contributed by atoms with Crippen LogP contribution >= 0.6 is 0 Å². The molecule has 1 atom stereocenters. The smallest absolute Gasteiger partial charge is 0.191 e. The van der Waals surface area contributed by atoms with Gasteiger partial charge in [-0.15, -0.1) is 0 Å². The largest absolute Gasteiger partial charge is 0.381 e. The van der Waals surface area contributed by atoms with Gasteiger partial charge in [-0.2, -0.15) is 0 Å². The molecule has 2 N–H and O–H groups in total. The van der Waals surface area contributed by atoms with Crippen molar-refractivity contribution in [3.05, 3.63) is 0 Å². The van der Waals surface area contributed by atoms with Crippen LogP contribution in [0.4, 0.5) is 0 Å². The number of aliphatic imine (C=N–C) groups is 1. The number of guanidine groups is 1. The SMILES string of the molecule is CCCCOCCCNC(=NCC(C)CN1CCCC1)NCC. The fourth-order valence-corrected chi connectivity index (χ4v) is 2.78. The number of hydrogen-bond acceptors (Lipinski definition) is 3. The molecule has 0 saturated carbocycles. The van der Waals surface area contributed by atoms with Crippen molar-refractivity contribution < 1.29 is 4.74 Å². The fourth-order valence-electron chi connectivity index (χ4n) is 2.78. The number of unbranched alkanes of at least 4 members (excludes halogenated alkanes) is 1. The molecule has 1 heterocycles. The lowest BCUT2D eigenvalue weighted by Gasteiger charge is -2.19. The first-order chi connectivity index (χ1) is 11.3. The van der Waals surface area contributed by atoms with Crippen LogP contribution in [0, 0.1) is 5.92 Å². The Bertz CT molecular complexity index is 303. The zero-order chi connectivity index (χ0) is 16.8. The number of nitrogens with one attached hydrogen (secondary N) is 2. The third-order valence-corrected chi connectivity index (χ3v) is 4.07. The molecule has 0 radical (unpaired) electrons. The Kier molecular flexibility index (Phi) is 12.0. The van der Waals surface area contributed by atoms with Gasteiger partial charge in [0.15, 0.2) is 5.96 Å². The van der Waals surface area contributed by atoms with Crippen molar-refractivity contribution in [1.82, 2.24) is 15.5 Å². The second kappa shape index (κ2) is 13.6. The molecule has 1 fully saturated rings. The minimum atomic E-state index is 0.612. The molecule has 0 bridgehead atoms. The van der Waals surface area contributed by atoms with Gasteiger partial charge in [0.05, 0.1) is 0 Å². The van der Waals surface area contributed by atoms with E-state index in [1.165, 1.54) is 38.9 Å². The summed E-state index contributed by atoms with van der Waals surface area (Å²) in [6, 6.07) is 0. The molecule has 0 aromatic heterocycles. The Morgan fingerprint density at radius 2 is 1.87 bits per heavy atom. The van der Waals surface area contributed by atoms with Gasteiger partial charge in [0.1, 0.15) is 0 Å². The van der Waals surface area contributed by atoms with E-state index in [4.69, 9.17) is 9.73 Å². The summed E-state index contributed by atoms with van der Waals surface area (Å²) in [7, 11) is 0. The number of ether oxygens (including phenoxy) is 1. The van der Waals surface area contributed by atoms with Crippen molar-refractivity contribution >= 4 is 5.96 Å². The Morgan fingerprint density at radius 3 is 2.57 bits per heavy atom. The molecular weight excluding hydrogens is 288 g/mol. The highest BCUT2D eigenvalue weighted by atomic mass is 16.5. The average molecular weight is 327 g/mol. The molecule has 0 spiro atoms. The molecule has 5 heteroatoms. The van der Waals surface area contributed by atoms with Crippen LogP contribution < -0.4 is 10.6 Å². The number of likely N-dealkylation sites (tertiary alicyclic amines) is 1. The van der Waals surface area contributed by atoms with E-state index in [0.717, 1.165) is 51.6 Å². The van der Waals surface area contributed by atoms with E-state index in [0.29, 0.717) is 5.92 Å². The van der Waals surface area contributed by atoms with Gasteiger partial charge in [0.2, 0.25) is 0 Å². The van der Waals surface area contributed by atoms with E-state index in [1.807, 2.05) is 0 Å². The molecule has 0 aliphatic carbocycles. The maximum Gasteiger partial charge on any atom is 0.191 e. The molecule has 0 aromatic rings. The van der Waals surface area contributed by atoms with Crippen LogP contribution in [-0.2, 0) is 4.74 Å². The first kappa shape index (κ1) is 20.2. The summed E-state index contributed by atoms with van der Waals surface area (Å²) in [5.74, 6) is 1.55. The van der Waals surface area contributed by atoms with Gasteiger partial charge < -0.3 is 20.3 Å². The lowest BCUT2D eigenvalue weighted by Crippen LogP contribution is -2.38. The predicted molar refractivity (Wildman–Crippen MR) is 99.2 cm³/mol. The average Bonchev–Trinajstić information content (AvgIpc) is 3.04. The summed E-state index contributed by atoms with van der Waals surface area (Å²) in [5.41, 5.74) is 0. The van der Waals surface area contributed by atoms with Gasteiger partial charge in [0.25, 0.3) is 0 Å². The van der Waals surface area contributed by atoms with Gasteiger partial charge >= 0.3 is 0 Å². The molecule has 1 unspecified atom stereocenters. The van der Waals surface area contributed by atoms with E-state index in [1.54, 1.807) is 0 Å². The highest BCUT2D eigenvalue weighted by Crippen LogP contribution is 2.10. The first-order valence-electron chi connectivity index (χ1n) is 9.58. The van der Waals surface area contributed by atoms with Gasteiger partial charge in [-0.25, -0.2) is 0 Å². The molecular formula is C18H38N4O. The Balaban J connectivity index is 2.15. The summed E-state index contributed by atoms with van der Waals surface area (Å²) in [6.07, 6.45) is 6.11. The van der Waals surface area contributed by atoms with Crippen LogP contribution in [-0.4, -0.2) is 63.3 Å². The first-order valence-corrected chi connectivity index (χ1v) is 9.58. The maximum atomic E-state index is 5.58. The number of rotatable bonds is 12. The second-order valence-electron chi connectivity index (χ2n) is 6.58. The summed E-state index contributed by atoms with van der Waals surface area (Å²) < 4.78 is 5.58.